The number of carbonyl (C=O) groups is 2. The summed E-state index contributed by atoms with van der Waals surface area (Å²) in [6.45, 7) is 2.66. The average molecular weight is 593 g/mol. The van der Waals surface area contributed by atoms with Gasteiger partial charge in [0.2, 0.25) is 5.91 Å². The van der Waals surface area contributed by atoms with Gasteiger partial charge in [-0.15, -0.1) is 0 Å². The number of rotatable bonds is 10. The van der Waals surface area contributed by atoms with Crippen molar-refractivity contribution in [2.45, 2.75) is 31.2 Å². The number of nitrogens with zero attached hydrogens (tertiary/aromatic N) is 1. The van der Waals surface area contributed by atoms with E-state index in [9.17, 15) is 22.8 Å². The summed E-state index contributed by atoms with van der Waals surface area (Å²) in [6, 6.07) is 18.5. The minimum absolute atomic E-state index is 0.0160. The van der Waals surface area contributed by atoms with Crippen LogP contribution >= 0.6 is 23.2 Å². The molecule has 0 bridgehead atoms. The van der Waals surface area contributed by atoms with E-state index < -0.39 is 23.7 Å². The van der Waals surface area contributed by atoms with Crippen molar-refractivity contribution < 1.29 is 22.8 Å². The predicted molar refractivity (Wildman–Crippen MR) is 149 cm³/mol. The third-order valence-electron chi connectivity index (χ3n) is 6.70. The summed E-state index contributed by atoms with van der Waals surface area (Å²) >= 11 is 12.2. The summed E-state index contributed by atoms with van der Waals surface area (Å²) < 4.78 is 38.5. The van der Waals surface area contributed by atoms with Crippen LogP contribution < -0.4 is 16.0 Å². The SMILES string of the molecule is O=C(CNC1CCN(Cc2ccccc2)C1)NC(CNC(=O)c1ccc(C(F)(F)F)cc1)c1ccc(Cl)c(Cl)c1. The first kappa shape index (κ1) is 29.9. The van der Waals surface area contributed by atoms with Crippen molar-refractivity contribution in [1.29, 1.82) is 0 Å². The first-order valence-electron chi connectivity index (χ1n) is 12.8. The number of hydrogen-bond donors (Lipinski definition) is 3. The van der Waals surface area contributed by atoms with E-state index in [1.165, 1.54) is 5.56 Å². The van der Waals surface area contributed by atoms with Gasteiger partial charge in [0.25, 0.3) is 5.91 Å². The molecule has 0 aliphatic carbocycles. The minimum atomic E-state index is -4.50. The molecule has 4 rings (SSSR count). The number of amides is 2. The molecule has 2 unspecified atom stereocenters. The maximum Gasteiger partial charge on any atom is 0.416 e. The Morgan fingerprint density at radius 2 is 1.70 bits per heavy atom. The predicted octanol–water partition coefficient (Wildman–Crippen LogP) is 5.46. The Kier molecular flexibility index (Phi) is 10.1. The summed E-state index contributed by atoms with van der Waals surface area (Å²) in [5, 5.41) is 9.52. The zero-order valence-electron chi connectivity index (χ0n) is 21.5. The fourth-order valence-electron chi connectivity index (χ4n) is 4.56. The van der Waals surface area contributed by atoms with Gasteiger partial charge in [-0.1, -0.05) is 59.6 Å². The van der Waals surface area contributed by atoms with Crippen LogP contribution in [0.5, 0.6) is 0 Å². The van der Waals surface area contributed by atoms with Crippen LogP contribution in [-0.4, -0.2) is 48.9 Å². The van der Waals surface area contributed by atoms with Crippen molar-refractivity contribution in [3.8, 4) is 0 Å². The van der Waals surface area contributed by atoms with Crippen molar-refractivity contribution in [3.63, 3.8) is 0 Å². The molecular formula is C29H29Cl2F3N4O2. The molecule has 3 aromatic carbocycles. The second-order valence-corrected chi connectivity index (χ2v) is 10.5. The number of carbonyl (C=O) groups excluding carboxylic acids is 2. The molecule has 6 nitrogen and oxygen atoms in total. The Balaban J connectivity index is 1.33. The molecule has 3 N–H and O–H groups in total. The van der Waals surface area contributed by atoms with Crippen LogP contribution in [-0.2, 0) is 17.5 Å². The minimum Gasteiger partial charge on any atom is -0.350 e. The van der Waals surface area contributed by atoms with Crippen LogP contribution in [0, 0.1) is 0 Å². The van der Waals surface area contributed by atoms with Gasteiger partial charge in [0, 0.05) is 37.8 Å². The van der Waals surface area contributed by atoms with Gasteiger partial charge in [-0.05, 0) is 53.9 Å². The lowest BCUT2D eigenvalue weighted by Gasteiger charge is -2.22. The van der Waals surface area contributed by atoms with E-state index >= 15 is 0 Å². The molecule has 0 aromatic heterocycles. The van der Waals surface area contributed by atoms with E-state index in [4.69, 9.17) is 23.2 Å². The van der Waals surface area contributed by atoms with Crippen LogP contribution in [0.25, 0.3) is 0 Å². The van der Waals surface area contributed by atoms with Crippen LogP contribution in [0.2, 0.25) is 10.0 Å². The smallest absolute Gasteiger partial charge is 0.350 e. The fourth-order valence-corrected chi connectivity index (χ4v) is 4.86. The van der Waals surface area contributed by atoms with E-state index in [2.05, 4.69) is 33.0 Å². The Bertz CT molecular complexity index is 1310. The van der Waals surface area contributed by atoms with Crippen molar-refractivity contribution >= 4 is 35.0 Å². The summed E-state index contributed by atoms with van der Waals surface area (Å²) in [7, 11) is 0. The largest absolute Gasteiger partial charge is 0.416 e. The molecular weight excluding hydrogens is 564 g/mol. The molecule has 2 amide bonds. The normalized spacial score (nSPS) is 16.5. The van der Waals surface area contributed by atoms with Crippen LogP contribution in [0.1, 0.15) is 39.5 Å². The molecule has 212 valence electrons. The molecule has 0 spiro atoms. The monoisotopic (exact) mass is 592 g/mol. The van der Waals surface area contributed by atoms with Crippen molar-refractivity contribution in [3.05, 3.63) is 105 Å². The quantitative estimate of drug-likeness (QED) is 0.292. The van der Waals surface area contributed by atoms with Gasteiger partial charge in [0.15, 0.2) is 0 Å². The van der Waals surface area contributed by atoms with Crippen LogP contribution in [0.4, 0.5) is 13.2 Å². The number of hydrogen-bond acceptors (Lipinski definition) is 4. The summed E-state index contributed by atoms with van der Waals surface area (Å²) in [4.78, 5) is 27.9. The summed E-state index contributed by atoms with van der Waals surface area (Å²) in [6.07, 6.45) is -3.58. The van der Waals surface area contributed by atoms with Crippen molar-refractivity contribution in [2.75, 3.05) is 26.2 Å². The van der Waals surface area contributed by atoms with Gasteiger partial charge in [0.05, 0.1) is 28.2 Å². The Labute approximate surface area is 240 Å². The molecule has 11 heteroatoms. The van der Waals surface area contributed by atoms with Gasteiger partial charge < -0.3 is 16.0 Å². The molecule has 2 atom stereocenters. The number of halogens is 5. The van der Waals surface area contributed by atoms with E-state index in [1.54, 1.807) is 18.2 Å². The number of benzene rings is 3. The van der Waals surface area contributed by atoms with Crippen LogP contribution in [0.3, 0.4) is 0 Å². The molecule has 1 fully saturated rings. The van der Waals surface area contributed by atoms with Gasteiger partial charge in [-0.25, -0.2) is 0 Å². The highest BCUT2D eigenvalue weighted by Gasteiger charge is 2.30. The lowest BCUT2D eigenvalue weighted by atomic mass is 10.1. The van der Waals surface area contributed by atoms with E-state index in [-0.39, 0.29) is 35.6 Å². The third kappa shape index (κ3) is 8.44. The maximum absolute atomic E-state index is 12.9. The zero-order chi connectivity index (χ0) is 28.7. The van der Waals surface area contributed by atoms with Gasteiger partial charge in [-0.2, -0.15) is 13.2 Å². The summed E-state index contributed by atoms with van der Waals surface area (Å²) in [5.41, 5.74) is 1.08. The average Bonchev–Trinajstić information content (AvgIpc) is 3.38. The summed E-state index contributed by atoms with van der Waals surface area (Å²) in [5.74, 6) is -0.850. The fraction of sp³-hybridized carbons (Fsp3) is 0.310. The first-order chi connectivity index (χ1) is 19.1. The highest BCUT2D eigenvalue weighted by atomic mass is 35.5. The Morgan fingerprint density at radius 3 is 2.38 bits per heavy atom. The number of nitrogens with one attached hydrogen (secondary N) is 3. The van der Waals surface area contributed by atoms with Crippen molar-refractivity contribution in [1.82, 2.24) is 20.9 Å². The van der Waals surface area contributed by atoms with E-state index in [0.717, 1.165) is 50.3 Å². The van der Waals surface area contributed by atoms with E-state index in [1.807, 2.05) is 18.2 Å². The topological polar surface area (TPSA) is 73.5 Å². The molecule has 0 radical (unpaired) electrons. The maximum atomic E-state index is 12.9. The second kappa shape index (κ2) is 13.5. The lowest BCUT2D eigenvalue weighted by molar-refractivity contribution is -0.137. The van der Waals surface area contributed by atoms with Gasteiger partial charge >= 0.3 is 6.18 Å². The van der Waals surface area contributed by atoms with Gasteiger partial charge in [0.1, 0.15) is 0 Å². The molecule has 40 heavy (non-hydrogen) atoms. The Morgan fingerprint density at radius 1 is 0.975 bits per heavy atom. The third-order valence-corrected chi connectivity index (χ3v) is 7.43. The molecule has 0 saturated carbocycles. The zero-order valence-corrected chi connectivity index (χ0v) is 23.0. The molecule has 1 aliphatic heterocycles. The number of likely N-dealkylation sites (tertiary alicyclic amines) is 1. The highest BCUT2D eigenvalue weighted by Crippen LogP contribution is 2.29. The van der Waals surface area contributed by atoms with Crippen LogP contribution in [0.15, 0.2) is 72.8 Å². The standard InChI is InChI=1S/C29H29Cl2F3N4O2/c30-24-11-8-21(14-25(24)31)26(15-36-28(40)20-6-9-22(10-7-20)29(32,33)34)37-27(39)16-35-23-12-13-38(18-23)17-19-4-2-1-3-5-19/h1-11,14,23,26,35H,12-13,15-18H2,(H,36,40)(H,37,39). The highest BCUT2D eigenvalue weighted by molar-refractivity contribution is 6.42. The lowest BCUT2D eigenvalue weighted by Crippen LogP contribution is -2.44. The number of alkyl halides is 3. The molecule has 1 heterocycles. The Hall–Kier alpha value is -3.11. The molecule has 1 aliphatic rings. The van der Waals surface area contributed by atoms with Gasteiger partial charge in [-0.3, -0.25) is 14.5 Å². The first-order valence-corrected chi connectivity index (χ1v) is 13.5. The van der Waals surface area contributed by atoms with Crippen molar-refractivity contribution in [2.24, 2.45) is 0 Å². The second-order valence-electron chi connectivity index (χ2n) is 9.67. The molecule has 1 saturated heterocycles. The molecule has 3 aromatic rings. The van der Waals surface area contributed by atoms with E-state index in [0.29, 0.717) is 10.6 Å².